The van der Waals surface area contributed by atoms with Gasteiger partial charge in [0.2, 0.25) is 0 Å². The average molecular weight is 335 g/mol. The first-order valence-corrected chi connectivity index (χ1v) is 8.95. The standard InChI is InChI=1S/C16H21N3O3S/c1-22-14-5-2-10(15(20)17-11-3-4-11)8-13(14)19-16(21)18-12-6-7-23-9-12/h2,5,8,11-12H,3-4,6-7,9H2,1H3,(H,17,20)(H2,18,19,21). The van der Waals surface area contributed by atoms with E-state index in [1.807, 2.05) is 11.8 Å². The summed E-state index contributed by atoms with van der Waals surface area (Å²) in [5, 5.41) is 8.67. The van der Waals surface area contributed by atoms with Gasteiger partial charge in [-0.15, -0.1) is 0 Å². The number of benzene rings is 1. The van der Waals surface area contributed by atoms with Crippen LogP contribution in [0.3, 0.4) is 0 Å². The lowest BCUT2D eigenvalue weighted by Crippen LogP contribution is -2.38. The van der Waals surface area contributed by atoms with E-state index in [1.165, 1.54) is 7.11 Å². The Labute approximate surface area is 139 Å². The van der Waals surface area contributed by atoms with Crippen LogP contribution in [0, 0.1) is 0 Å². The fraction of sp³-hybridized carbons (Fsp3) is 0.500. The molecule has 1 aliphatic carbocycles. The highest BCUT2D eigenvalue weighted by Crippen LogP contribution is 2.27. The number of carbonyl (C=O) groups excluding carboxylic acids is 2. The molecular weight excluding hydrogens is 314 g/mol. The number of hydrogen-bond acceptors (Lipinski definition) is 4. The number of urea groups is 1. The molecule has 0 spiro atoms. The third-order valence-electron chi connectivity index (χ3n) is 3.89. The Morgan fingerprint density at radius 2 is 2.00 bits per heavy atom. The van der Waals surface area contributed by atoms with E-state index in [1.54, 1.807) is 18.2 Å². The Bertz CT molecular complexity index is 598. The number of nitrogens with one attached hydrogen (secondary N) is 3. The molecule has 0 bridgehead atoms. The van der Waals surface area contributed by atoms with E-state index < -0.39 is 0 Å². The fourth-order valence-electron chi connectivity index (χ4n) is 2.44. The summed E-state index contributed by atoms with van der Waals surface area (Å²) in [6, 6.07) is 5.28. The van der Waals surface area contributed by atoms with Gasteiger partial charge >= 0.3 is 6.03 Å². The second-order valence-electron chi connectivity index (χ2n) is 5.82. The Morgan fingerprint density at radius 1 is 1.17 bits per heavy atom. The Balaban J connectivity index is 1.67. The van der Waals surface area contributed by atoms with Crippen molar-refractivity contribution in [2.24, 2.45) is 0 Å². The smallest absolute Gasteiger partial charge is 0.319 e. The molecule has 7 heteroatoms. The van der Waals surface area contributed by atoms with E-state index in [2.05, 4.69) is 16.0 Å². The third kappa shape index (κ3) is 4.31. The molecule has 1 saturated heterocycles. The van der Waals surface area contributed by atoms with Crippen LogP contribution in [0.1, 0.15) is 29.6 Å². The molecule has 1 saturated carbocycles. The van der Waals surface area contributed by atoms with Crippen molar-refractivity contribution >= 4 is 29.4 Å². The zero-order valence-electron chi connectivity index (χ0n) is 13.1. The SMILES string of the molecule is COc1ccc(C(=O)NC2CC2)cc1NC(=O)NC1CCSC1. The van der Waals surface area contributed by atoms with Crippen molar-refractivity contribution < 1.29 is 14.3 Å². The van der Waals surface area contributed by atoms with Crippen LogP contribution in [-0.4, -0.2) is 42.6 Å². The molecule has 124 valence electrons. The number of methoxy groups -OCH3 is 1. The molecule has 0 aromatic heterocycles. The minimum atomic E-state index is -0.268. The number of rotatable bonds is 5. The second-order valence-corrected chi connectivity index (χ2v) is 6.97. The number of amides is 3. The van der Waals surface area contributed by atoms with Crippen LogP contribution in [0.15, 0.2) is 18.2 Å². The van der Waals surface area contributed by atoms with Crippen molar-refractivity contribution in [3.05, 3.63) is 23.8 Å². The summed E-state index contributed by atoms with van der Waals surface area (Å²) in [6.45, 7) is 0. The molecular formula is C16H21N3O3S. The summed E-state index contributed by atoms with van der Waals surface area (Å²) in [7, 11) is 1.54. The van der Waals surface area contributed by atoms with Crippen molar-refractivity contribution in [2.45, 2.75) is 31.3 Å². The van der Waals surface area contributed by atoms with Gasteiger partial charge in [0.15, 0.2) is 0 Å². The van der Waals surface area contributed by atoms with Gasteiger partial charge in [0, 0.05) is 23.4 Å². The van der Waals surface area contributed by atoms with E-state index in [0.29, 0.717) is 23.0 Å². The van der Waals surface area contributed by atoms with E-state index in [-0.39, 0.29) is 18.0 Å². The molecule has 2 fully saturated rings. The van der Waals surface area contributed by atoms with Gasteiger partial charge in [-0.1, -0.05) is 0 Å². The van der Waals surface area contributed by atoms with Crippen molar-refractivity contribution in [1.82, 2.24) is 10.6 Å². The number of ether oxygens (including phenoxy) is 1. The maximum absolute atomic E-state index is 12.1. The van der Waals surface area contributed by atoms with Gasteiger partial charge in [-0.05, 0) is 43.2 Å². The normalized spacial score (nSPS) is 20.0. The van der Waals surface area contributed by atoms with E-state index in [0.717, 1.165) is 30.8 Å². The molecule has 3 rings (SSSR count). The zero-order chi connectivity index (χ0) is 16.2. The van der Waals surface area contributed by atoms with Crippen LogP contribution in [0.2, 0.25) is 0 Å². The molecule has 1 aromatic rings. The first-order valence-electron chi connectivity index (χ1n) is 7.80. The zero-order valence-corrected chi connectivity index (χ0v) is 13.9. The fourth-order valence-corrected chi connectivity index (χ4v) is 3.59. The van der Waals surface area contributed by atoms with Crippen LogP contribution < -0.4 is 20.7 Å². The molecule has 23 heavy (non-hydrogen) atoms. The first kappa shape index (κ1) is 16.0. The molecule has 1 aromatic carbocycles. The lowest BCUT2D eigenvalue weighted by molar-refractivity contribution is 0.0951. The Hall–Kier alpha value is -1.89. The van der Waals surface area contributed by atoms with Gasteiger partial charge in [-0.3, -0.25) is 4.79 Å². The number of carbonyl (C=O) groups is 2. The first-order chi connectivity index (χ1) is 11.2. The highest BCUT2D eigenvalue weighted by atomic mass is 32.2. The van der Waals surface area contributed by atoms with Crippen LogP contribution >= 0.6 is 11.8 Å². The molecule has 1 heterocycles. The van der Waals surface area contributed by atoms with Crippen molar-refractivity contribution in [2.75, 3.05) is 23.9 Å². The van der Waals surface area contributed by atoms with Gasteiger partial charge < -0.3 is 20.7 Å². The van der Waals surface area contributed by atoms with E-state index >= 15 is 0 Å². The van der Waals surface area contributed by atoms with Gasteiger partial charge in [0.25, 0.3) is 5.91 Å². The van der Waals surface area contributed by atoms with Crippen LogP contribution in [0.25, 0.3) is 0 Å². The van der Waals surface area contributed by atoms with Gasteiger partial charge in [-0.2, -0.15) is 11.8 Å². The van der Waals surface area contributed by atoms with Crippen molar-refractivity contribution in [1.29, 1.82) is 0 Å². The number of thioether (sulfide) groups is 1. The molecule has 0 radical (unpaired) electrons. The predicted octanol–water partition coefficient (Wildman–Crippen LogP) is 2.21. The number of anilines is 1. The lowest BCUT2D eigenvalue weighted by Gasteiger charge is -2.15. The highest BCUT2D eigenvalue weighted by Gasteiger charge is 2.24. The van der Waals surface area contributed by atoms with Gasteiger partial charge in [0.1, 0.15) is 5.75 Å². The molecule has 3 amide bonds. The summed E-state index contributed by atoms with van der Waals surface area (Å²) in [4.78, 5) is 24.2. The molecule has 1 unspecified atom stereocenters. The van der Waals surface area contributed by atoms with Crippen molar-refractivity contribution in [3.63, 3.8) is 0 Å². The minimum Gasteiger partial charge on any atom is -0.495 e. The van der Waals surface area contributed by atoms with Gasteiger partial charge in [-0.25, -0.2) is 4.79 Å². The Morgan fingerprint density at radius 3 is 2.65 bits per heavy atom. The summed E-state index contributed by atoms with van der Waals surface area (Å²) in [5.41, 5.74) is 1.02. The maximum Gasteiger partial charge on any atom is 0.319 e. The summed E-state index contributed by atoms with van der Waals surface area (Å²) >= 11 is 1.84. The van der Waals surface area contributed by atoms with Gasteiger partial charge in [0.05, 0.1) is 12.8 Å². The molecule has 6 nitrogen and oxygen atoms in total. The third-order valence-corrected chi connectivity index (χ3v) is 5.05. The van der Waals surface area contributed by atoms with E-state index in [9.17, 15) is 9.59 Å². The monoisotopic (exact) mass is 335 g/mol. The second kappa shape index (κ2) is 7.12. The summed E-state index contributed by atoms with van der Waals surface area (Å²) in [6.07, 6.45) is 3.06. The van der Waals surface area contributed by atoms with E-state index in [4.69, 9.17) is 4.74 Å². The van der Waals surface area contributed by atoms with Crippen molar-refractivity contribution in [3.8, 4) is 5.75 Å². The van der Waals surface area contributed by atoms with Crippen LogP contribution in [0.5, 0.6) is 5.75 Å². The molecule has 3 N–H and O–H groups in total. The molecule has 1 atom stereocenters. The quantitative estimate of drug-likeness (QED) is 0.771. The van der Waals surface area contributed by atoms with Crippen LogP contribution in [-0.2, 0) is 0 Å². The Kier molecular flexibility index (Phi) is 4.95. The molecule has 1 aliphatic heterocycles. The number of hydrogen-bond donors (Lipinski definition) is 3. The molecule has 2 aliphatic rings. The predicted molar refractivity (Wildman–Crippen MR) is 91.4 cm³/mol. The maximum atomic E-state index is 12.1. The lowest BCUT2D eigenvalue weighted by atomic mass is 10.1. The summed E-state index contributed by atoms with van der Waals surface area (Å²) < 4.78 is 5.27. The minimum absolute atomic E-state index is 0.120. The average Bonchev–Trinajstić information content (AvgIpc) is 3.20. The highest BCUT2D eigenvalue weighted by molar-refractivity contribution is 7.99. The largest absolute Gasteiger partial charge is 0.495 e. The topological polar surface area (TPSA) is 79.5 Å². The van der Waals surface area contributed by atoms with Crippen LogP contribution in [0.4, 0.5) is 10.5 Å². The summed E-state index contributed by atoms with van der Waals surface area (Å²) in [5.74, 6) is 2.43.